The molecular formula is C8H5Cl3. The van der Waals surface area contributed by atoms with Crippen LogP contribution in [0.5, 0.6) is 0 Å². The van der Waals surface area contributed by atoms with Crippen LogP contribution in [0, 0.1) is 0 Å². The molecule has 11 heavy (non-hydrogen) atoms. The largest absolute Gasteiger partial charge is 0.0984 e. The Morgan fingerprint density at radius 3 is 2.27 bits per heavy atom. The summed E-state index contributed by atoms with van der Waals surface area (Å²) in [4.78, 5) is 0. The van der Waals surface area contributed by atoms with Gasteiger partial charge in [-0.05, 0) is 11.6 Å². The minimum Gasteiger partial charge on any atom is -0.0984 e. The van der Waals surface area contributed by atoms with Gasteiger partial charge in [-0.25, -0.2) is 0 Å². The van der Waals surface area contributed by atoms with Crippen LogP contribution in [0.2, 0.25) is 15.1 Å². The lowest BCUT2D eigenvalue weighted by molar-refractivity contribution is 1.66. The Labute approximate surface area is 80.4 Å². The Bertz CT molecular complexity index is 292. The molecule has 0 bridgehead atoms. The zero-order valence-corrected chi connectivity index (χ0v) is 7.84. The second-order valence-corrected chi connectivity index (χ2v) is 3.13. The Morgan fingerprint density at radius 2 is 1.73 bits per heavy atom. The molecule has 0 saturated carbocycles. The summed E-state index contributed by atoms with van der Waals surface area (Å²) in [6.45, 7) is 3.58. The molecule has 0 unspecified atom stereocenters. The van der Waals surface area contributed by atoms with Crippen LogP contribution in [-0.2, 0) is 0 Å². The molecule has 0 aliphatic carbocycles. The minimum atomic E-state index is 0.380. The van der Waals surface area contributed by atoms with Crippen LogP contribution in [0.3, 0.4) is 0 Å². The normalized spacial score (nSPS) is 9.73. The molecule has 0 heterocycles. The van der Waals surface area contributed by atoms with Gasteiger partial charge in [0, 0.05) is 0 Å². The van der Waals surface area contributed by atoms with Gasteiger partial charge in [0.1, 0.15) is 0 Å². The summed E-state index contributed by atoms with van der Waals surface area (Å²) in [5.74, 6) is 0. The van der Waals surface area contributed by atoms with Crippen molar-refractivity contribution in [1.29, 1.82) is 0 Å². The van der Waals surface area contributed by atoms with Gasteiger partial charge in [-0.1, -0.05) is 53.5 Å². The lowest BCUT2D eigenvalue weighted by Crippen LogP contribution is -1.76. The van der Waals surface area contributed by atoms with Crippen LogP contribution in [0.25, 0.3) is 6.08 Å². The molecule has 0 radical (unpaired) electrons. The monoisotopic (exact) mass is 206 g/mol. The van der Waals surface area contributed by atoms with Gasteiger partial charge in [0.2, 0.25) is 0 Å². The molecule has 0 nitrogen and oxygen atoms in total. The molecule has 0 saturated heterocycles. The van der Waals surface area contributed by atoms with E-state index in [2.05, 4.69) is 6.58 Å². The molecule has 0 fully saturated rings. The van der Waals surface area contributed by atoms with Crippen LogP contribution in [0.15, 0.2) is 18.7 Å². The third kappa shape index (κ3) is 1.70. The molecule has 1 aromatic carbocycles. The number of hydrogen-bond acceptors (Lipinski definition) is 0. The first-order valence-electron chi connectivity index (χ1n) is 2.92. The zero-order valence-electron chi connectivity index (χ0n) is 5.57. The molecular weight excluding hydrogens is 202 g/mol. The van der Waals surface area contributed by atoms with Crippen molar-refractivity contribution >= 4 is 40.9 Å². The van der Waals surface area contributed by atoms with Gasteiger partial charge in [0.25, 0.3) is 0 Å². The van der Waals surface area contributed by atoms with E-state index in [1.807, 2.05) is 0 Å². The van der Waals surface area contributed by atoms with Crippen molar-refractivity contribution in [3.63, 3.8) is 0 Å². The van der Waals surface area contributed by atoms with E-state index < -0.39 is 0 Å². The van der Waals surface area contributed by atoms with Crippen molar-refractivity contribution in [1.82, 2.24) is 0 Å². The molecule has 0 aliphatic heterocycles. The Balaban J connectivity index is 3.36. The third-order valence-electron chi connectivity index (χ3n) is 1.28. The summed E-state index contributed by atoms with van der Waals surface area (Å²) in [6.07, 6.45) is 1.63. The summed E-state index contributed by atoms with van der Waals surface area (Å²) in [5.41, 5.74) is 0.793. The molecule has 0 aliphatic rings. The number of halogens is 3. The van der Waals surface area contributed by atoms with E-state index in [0.717, 1.165) is 5.56 Å². The molecule has 1 rings (SSSR count). The maximum Gasteiger partial charge on any atom is 0.0784 e. The number of rotatable bonds is 1. The fraction of sp³-hybridized carbons (Fsp3) is 0. The summed E-state index contributed by atoms with van der Waals surface area (Å²) in [5, 5.41) is 1.29. The predicted octanol–water partition coefficient (Wildman–Crippen LogP) is 4.29. The number of hydrogen-bond donors (Lipinski definition) is 0. The maximum atomic E-state index is 5.81. The zero-order chi connectivity index (χ0) is 8.43. The standard InChI is InChI=1S/C8H5Cl3/c1-2-5-3-4-6(9)8(11)7(5)10/h2-4H,1H2. The molecule has 0 atom stereocenters. The van der Waals surface area contributed by atoms with E-state index >= 15 is 0 Å². The maximum absolute atomic E-state index is 5.81. The predicted molar refractivity (Wildman–Crippen MR) is 51.6 cm³/mol. The quantitative estimate of drug-likeness (QED) is 0.603. The van der Waals surface area contributed by atoms with E-state index in [4.69, 9.17) is 34.8 Å². The lowest BCUT2D eigenvalue weighted by atomic mass is 10.2. The smallest absolute Gasteiger partial charge is 0.0784 e. The first-order chi connectivity index (χ1) is 5.16. The van der Waals surface area contributed by atoms with Crippen molar-refractivity contribution in [2.24, 2.45) is 0 Å². The van der Waals surface area contributed by atoms with Crippen LogP contribution >= 0.6 is 34.8 Å². The second-order valence-electron chi connectivity index (χ2n) is 1.97. The minimum absolute atomic E-state index is 0.380. The highest BCUT2D eigenvalue weighted by Gasteiger charge is 2.05. The first-order valence-corrected chi connectivity index (χ1v) is 4.06. The highest BCUT2D eigenvalue weighted by atomic mass is 35.5. The van der Waals surface area contributed by atoms with E-state index in [-0.39, 0.29) is 0 Å². The van der Waals surface area contributed by atoms with Gasteiger partial charge in [0.05, 0.1) is 15.1 Å². The van der Waals surface area contributed by atoms with Crippen molar-refractivity contribution in [3.05, 3.63) is 39.3 Å². The Morgan fingerprint density at radius 1 is 1.09 bits per heavy atom. The summed E-state index contributed by atoms with van der Waals surface area (Å²) in [6, 6.07) is 3.45. The number of benzene rings is 1. The summed E-state index contributed by atoms with van der Waals surface area (Å²) in [7, 11) is 0. The van der Waals surface area contributed by atoms with Gasteiger partial charge in [0.15, 0.2) is 0 Å². The molecule has 0 aromatic heterocycles. The average Bonchev–Trinajstić information content (AvgIpc) is 2.01. The molecule has 0 N–H and O–H groups in total. The van der Waals surface area contributed by atoms with Gasteiger partial charge >= 0.3 is 0 Å². The first kappa shape index (κ1) is 8.92. The Hall–Kier alpha value is -0.170. The topological polar surface area (TPSA) is 0 Å². The lowest BCUT2D eigenvalue weighted by Gasteiger charge is -2.01. The third-order valence-corrected chi connectivity index (χ3v) is 2.59. The molecule has 0 amide bonds. The van der Waals surface area contributed by atoms with E-state index in [9.17, 15) is 0 Å². The Kier molecular flexibility index (Phi) is 2.83. The van der Waals surface area contributed by atoms with Crippen molar-refractivity contribution < 1.29 is 0 Å². The fourth-order valence-corrected chi connectivity index (χ4v) is 1.32. The van der Waals surface area contributed by atoms with Gasteiger partial charge in [-0.15, -0.1) is 0 Å². The van der Waals surface area contributed by atoms with Crippen molar-refractivity contribution in [2.75, 3.05) is 0 Å². The van der Waals surface area contributed by atoms with Crippen LogP contribution in [-0.4, -0.2) is 0 Å². The highest BCUT2D eigenvalue weighted by molar-refractivity contribution is 6.48. The SMILES string of the molecule is C=Cc1ccc(Cl)c(Cl)c1Cl. The van der Waals surface area contributed by atoms with Crippen LogP contribution < -0.4 is 0 Å². The van der Waals surface area contributed by atoms with E-state index in [0.29, 0.717) is 15.1 Å². The molecule has 0 spiro atoms. The van der Waals surface area contributed by atoms with E-state index in [1.54, 1.807) is 18.2 Å². The van der Waals surface area contributed by atoms with Crippen molar-refractivity contribution in [2.45, 2.75) is 0 Å². The summed E-state index contributed by atoms with van der Waals surface area (Å²) < 4.78 is 0. The van der Waals surface area contributed by atoms with Crippen LogP contribution in [0.4, 0.5) is 0 Å². The molecule has 58 valence electrons. The van der Waals surface area contributed by atoms with E-state index in [1.165, 1.54) is 0 Å². The molecule has 1 aromatic rings. The second kappa shape index (κ2) is 3.48. The van der Waals surface area contributed by atoms with Crippen LogP contribution in [0.1, 0.15) is 5.56 Å². The van der Waals surface area contributed by atoms with Gasteiger partial charge in [-0.2, -0.15) is 0 Å². The fourth-order valence-electron chi connectivity index (χ4n) is 0.698. The average molecular weight is 207 g/mol. The van der Waals surface area contributed by atoms with Gasteiger partial charge < -0.3 is 0 Å². The van der Waals surface area contributed by atoms with Crippen molar-refractivity contribution in [3.8, 4) is 0 Å². The summed E-state index contributed by atoms with van der Waals surface area (Å²) >= 11 is 17.3. The molecule has 3 heteroatoms. The van der Waals surface area contributed by atoms with Gasteiger partial charge in [-0.3, -0.25) is 0 Å². The highest BCUT2D eigenvalue weighted by Crippen LogP contribution is 2.32.